The fourth-order valence-electron chi connectivity index (χ4n) is 8.37. The lowest BCUT2D eigenvalue weighted by molar-refractivity contribution is -0.384. The maximum Gasteiger partial charge on any atom is 0.293 e. The third kappa shape index (κ3) is 10.1. The first-order valence-electron chi connectivity index (χ1n) is 20.5. The molecule has 3 aromatic heterocycles. The molecule has 3 N–H and O–H groups in total. The zero-order chi connectivity index (χ0) is 42.3. The number of piperazine rings is 1. The van der Waals surface area contributed by atoms with Crippen LogP contribution in [0.15, 0.2) is 89.6 Å². The number of halogens is 1. The molecule has 8 rings (SSSR count). The number of carbonyl (C=O) groups is 1. The molecule has 15 nitrogen and oxygen atoms in total. The van der Waals surface area contributed by atoms with Crippen LogP contribution in [0.4, 0.5) is 17.2 Å². The number of nitrogens with one attached hydrogen (secondary N) is 3. The second-order valence-electron chi connectivity index (χ2n) is 15.8. The summed E-state index contributed by atoms with van der Waals surface area (Å²) in [7, 11) is -0.588. The highest BCUT2D eigenvalue weighted by molar-refractivity contribution is 7.83. The number of methoxy groups -OCH3 is 1. The predicted octanol–water partition coefficient (Wildman–Crippen LogP) is 7.77. The summed E-state index contributed by atoms with van der Waals surface area (Å²) in [4.78, 5) is 42.3. The van der Waals surface area contributed by atoms with Gasteiger partial charge in [-0.15, -0.1) is 0 Å². The molecule has 2 fully saturated rings. The second kappa shape index (κ2) is 19.1. The largest absolute Gasteiger partial charge is 0.436 e. The number of benzene rings is 2. The lowest BCUT2D eigenvalue weighted by atomic mass is 9.59. The van der Waals surface area contributed by atoms with Crippen LogP contribution in [-0.4, -0.2) is 101 Å². The number of pyridine rings is 2. The van der Waals surface area contributed by atoms with E-state index in [4.69, 9.17) is 30.8 Å². The molecule has 5 aromatic rings. The van der Waals surface area contributed by atoms with Gasteiger partial charge in [0.15, 0.2) is 11.0 Å². The van der Waals surface area contributed by atoms with Crippen molar-refractivity contribution in [2.24, 2.45) is 5.41 Å². The van der Waals surface area contributed by atoms with Gasteiger partial charge in [0.2, 0.25) is 5.88 Å². The zero-order valence-electron chi connectivity index (χ0n) is 34.0. The Balaban J connectivity index is 0.972. The van der Waals surface area contributed by atoms with E-state index >= 15 is 0 Å². The molecule has 1 unspecified atom stereocenters. The van der Waals surface area contributed by atoms with E-state index in [1.54, 1.807) is 31.5 Å². The molecular weight excluding hydrogens is 820 g/mol. The Labute approximate surface area is 361 Å². The Kier molecular flexibility index (Phi) is 13.3. The van der Waals surface area contributed by atoms with Gasteiger partial charge in [0.05, 0.1) is 35.8 Å². The van der Waals surface area contributed by atoms with Crippen LogP contribution in [0.1, 0.15) is 54.4 Å². The highest BCUT2D eigenvalue weighted by Crippen LogP contribution is 2.55. The molecule has 320 valence electrons. The molecule has 61 heavy (non-hydrogen) atoms. The van der Waals surface area contributed by atoms with Gasteiger partial charge in [0.1, 0.15) is 28.5 Å². The molecular formula is C44H49ClN8O7S. The van der Waals surface area contributed by atoms with E-state index in [0.29, 0.717) is 49.0 Å². The monoisotopic (exact) mass is 868 g/mol. The minimum absolute atomic E-state index is 0.00857. The van der Waals surface area contributed by atoms with Gasteiger partial charge in [-0.25, -0.2) is 9.19 Å². The van der Waals surface area contributed by atoms with Crippen LogP contribution in [0.5, 0.6) is 11.6 Å². The van der Waals surface area contributed by atoms with Gasteiger partial charge in [0.25, 0.3) is 11.6 Å². The van der Waals surface area contributed by atoms with Crippen LogP contribution in [0, 0.1) is 15.5 Å². The summed E-state index contributed by atoms with van der Waals surface area (Å²) in [6.45, 7) is 5.46. The standard InChI is InChI=1S/C44H49ClN8O7S/c1-58-23-24-59-22-17-46-38-9-7-35(26-39(38)53(55)56)61(57)50-42(54)36-8-10-40(49-43(36)60-34-25-31-12-16-47-41(31)48-28-34)52-20-18-51(19-21-52)29-32-11-15-44(13-2-14-44)27-37(32)30-3-5-33(45)6-4-30/h3-10,12,16,25-26,28,46H,2,11,13-15,17-24,27,29H2,1H3,(H,47,48)(H,50,54). The number of H-pyrrole nitrogens is 1. The number of anilines is 2. The maximum atomic E-state index is 13.8. The molecule has 1 amide bonds. The Morgan fingerprint density at radius 1 is 1.02 bits per heavy atom. The van der Waals surface area contributed by atoms with Crippen LogP contribution in [-0.2, 0) is 20.5 Å². The van der Waals surface area contributed by atoms with Crippen LogP contribution in [0.3, 0.4) is 0 Å². The van der Waals surface area contributed by atoms with Gasteiger partial charge < -0.3 is 29.4 Å². The van der Waals surface area contributed by atoms with Gasteiger partial charge in [0, 0.05) is 69.1 Å². The van der Waals surface area contributed by atoms with Crippen LogP contribution < -0.4 is 19.7 Å². The summed E-state index contributed by atoms with van der Waals surface area (Å²) in [5.41, 5.74) is 5.39. The second-order valence-corrected chi connectivity index (χ2v) is 17.4. The number of nitro benzene ring substituents is 1. The summed E-state index contributed by atoms with van der Waals surface area (Å²) in [6, 6.07) is 19.4. The number of hydrogen-bond donors (Lipinski definition) is 3. The highest BCUT2D eigenvalue weighted by atomic mass is 35.5. The smallest absolute Gasteiger partial charge is 0.293 e. The molecule has 4 heterocycles. The van der Waals surface area contributed by atoms with E-state index in [9.17, 15) is 19.1 Å². The van der Waals surface area contributed by atoms with Gasteiger partial charge >= 0.3 is 0 Å². The molecule has 1 atom stereocenters. The Morgan fingerprint density at radius 3 is 2.59 bits per heavy atom. The molecule has 1 spiro atoms. The first-order valence-corrected chi connectivity index (χ1v) is 22.1. The fourth-order valence-corrected chi connectivity index (χ4v) is 9.30. The molecule has 1 saturated heterocycles. The number of nitrogens with zero attached hydrogens (tertiary/aromatic N) is 5. The lowest BCUT2D eigenvalue weighted by Gasteiger charge is -2.47. The van der Waals surface area contributed by atoms with Gasteiger partial charge in [-0.3, -0.25) is 24.5 Å². The summed E-state index contributed by atoms with van der Waals surface area (Å²) in [5.74, 6) is 0.276. The fraction of sp³-hybridized carbons (Fsp3) is 0.386. The maximum absolute atomic E-state index is 13.8. The van der Waals surface area contributed by atoms with Crippen molar-refractivity contribution in [3.8, 4) is 11.6 Å². The number of allylic oxidation sites excluding steroid dienone is 1. The summed E-state index contributed by atoms with van der Waals surface area (Å²) in [6.07, 6.45) is 10.8. The first kappa shape index (κ1) is 42.3. The van der Waals surface area contributed by atoms with Crippen molar-refractivity contribution in [3.05, 3.63) is 111 Å². The minimum Gasteiger partial charge on any atom is -0.436 e. The third-order valence-electron chi connectivity index (χ3n) is 11.9. The van der Waals surface area contributed by atoms with E-state index in [0.717, 1.165) is 56.0 Å². The average Bonchev–Trinajstić information content (AvgIpc) is 3.73. The average molecular weight is 869 g/mol. The quantitative estimate of drug-likeness (QED) is 0.0471. The van der Waals surface area contributed by atoms with Crippen LogP contribution in [0.2, 0.25) is 5.02 Å². The Bertz CT molecular complexity index is 2430. The topological polar surface area (TPSA) is 177 Å². The number of aromatic nitrogens is 3. The van der Waals surface area contributed by atoms with Crippen molar-refractivity contribution in [3.63, 3.8) is 0 Å². The van der Waals surface area contributed by atoms with E-state index < -0.39 is 21.8 Å². The third-order valence-corrected chi connectivity index (χ3v) is 13.2. The number of fused-ring (bicyclic) bond motifs is 1. The van der Waals surface area contributed by atoms with Crippen molar-refractivity contribution < 1.29 is 28.1 Å². The van der Waals surface area contributed by atoms with Crippen molar-refractivity contribution in [2.45, 2.75) is 43.4 Å². The molecule has 17 heteroatoms. The Morgan fingerprint density at radius 2 is 1.84 bits per heavy atom. The SMILES string of the molecule is COCCOCCNc1ccc(S(=O)NC(=O)c2ccc(N3CCN(CC4=C(c5ccc(Cl)cc5)CC5(CCC5)CC4)CC3)nc2Oc2cnc3[nH]ccc3c2)cc1[N+](=O)[O-]. The van der Waals surface area contributed by atoms with E-state index in [1.165, 1.54) is 66.8 Å². The number of hydrogen-bond acceptors (Lipinski definition) is 12. The first-order chi connectivity index (χ1) is 29.7. The molecule has 0 radical (unpaired) electrons. The van der Waals surface area contributed by atoms with Gasteiger partial charge in [-0.05, 0) is 97.2 Å². The summed E-state index contributed by atoms with van der Waals surface area (Å²) in [5, 5.41) is 16.5. The molecule has 3 aliphatic rings. The molecule has 0 bridgehead atoms. The van der Waals surface area contributed by atoms with Crippen LogP contribution >= 0.6 is 11.6 Å². The number of amides is 1. The highest BCUT2D eigenvalue weighted by Gasteiger charge is 2.41. The number of rotatable bonds is 17. The molecule has 1 saturated carbocycles. The Hall–Kier alpha value is -5.39. The molecule has 1 aliphatic heterocycles. The van der Waals surface area contributed by atoms with Crippen molar-refractivity contribution in [1.29, 1.82) is 0 Å². The zero-order valence-corrected chi connectivity index (χ0v) is 35.6. The van der Waals surface area contributed by atoms with E-state index in [-0.39, 0.29) is 27.7 Å². The minimum atomic E-state index is -2.16. The summed E-state index contributed by atoms with van der Waals surface area (Å²) < 4.78 is 32.6. The van der Waals surface area contributed by atoms with Crippen LogP contribution in [0.25, 0.3) is 16.6 Å². The lowest BCUT2D eigenvalue weighted by Crippen LogP contribution is -2.47. The van der Waals surface area contributed by atoms with E-state index in [2.05, 4.69) is 41.9 Å². The van der Waals surface area contributed by atoms with Crippen molar-refractivity contribution in [2.75, 3.05) is 76.4 Å². The number of nitro groups is 1. The molecule has 2 aromatic carbocycles. The normalized spacial score (nSPS) is 17.0. The number of carbonyl (C=O) groups excluding carboxylic acids is 1. The van der Waals surface area contributed by atoms with E-state index in [1.807, 2.05) is 18.2 Å². The number of aromatic amines is 1. The molecule has 2 aliphatic carbocycles. The number of ether oxygens (including phenoxy) is 3. The van der Waals surface area contributed by atoms with Gasteiger partial charge in [-0.1, -0.05) is 35.7 Å². The summed E-state index contributed by atoms with van der Waals surface area (Å²) >= 11 is 6.27. The van der Waals surface area contributed by atoms with Crippen molar-refractivity contribution in [1.82, 2.24) is 24.6 Å². The van der Waals surface area contributed by atoms with Crippen molar-refractivity contribution >= 4 is 62.3 Å². The van der Waals surface area contributed by atoms with Gasteiger partial charge in [-0.2, -0.15) is 4.98 Å². The predicted molar refractivity (Wildman–Crippen MR) is 236 cm³/mol.